The van der Waals surface area contributed by atoms with Gasteiger partial charge in [0.25, 0.3) is 0 Å². The Hall–Kier alpha value is -2.30. The Morgan fingerprint density at radius 2 is 1.94 bits per heavy atom. The molecule has 0 bridgehead atoms. The van der Waals surface area contributed by atoms with Crippen LogP contribution in [-0.2, 0) is 0 Å². The van der Waals surface area contributed by atoms with E-state index in [0.717, 1.165) is 11.4 Å². The molecule has 0 aliphatic heterocycles. The SMILES string of the molecule is Cc1cc(C)n2cc(-c3ccc(F)cn3)nc2n1. The van der Waals surface area contributed by atoms with Crippen molar-refractivity contribution in [3.05, 3.63) is 47.8 Å². The highest BCUT2D eigenvalue weighted by Gasteiger charge is 2.08. The number of hydrogen-bond donors (Lipinski definition) is 0. The molecule has 3 rings (SSSR count). The second-order valence-corrected chi connectivity index (χ2v) is 4.20. The summed E-state index contributed by atoms with van der Waals surface area (Å²) in [6, 6.07) is 4.97. The van der Waals surface area contributed by atoms with Crippen molar-refractivity contribution in [2.45, 2.75) is 13.8 Å². The van der Waals surface area contributed by atoms with Gasteiger partial charge < -0.3 is 0 Å². The minimum Gasteiger partial charge on any atom is -0.288 e. The molecular formula is C13H11FN4. The Labute approximate surface area is 103 Å². The number of nitrogens with zero attached hydrogens (tertiary/aromatic N) is 4. The number of hydrogen-bond acceptors (Lipinski definition) is 3. The standard InChI is InChI=1S/C13H11FN4/c1-8-5-9(2)18-7-12(17-13(18)16-8)11-4-3-10(14)6-15-11/h3-7H,1-2H3. The van der Waals surface area contributed by atoms with Crippen molar-refractivity contribution in [1.82, 2.24) is 19.4 Å². The van der Waals surface area contributed by atoms with Crippen LogP contribution in [0.4, 0.5) is 4.39 Å². The maximum Gasteiger partial charge on any atom is 0.234 e. The van der Waals surface area contributed by atoms with Crippen molar-refractivity contribution < 1.29 is 4.39 Å². The molecule has 0 aromatic carbocycles. The first-order chi connectivity index (χ1) is 8.63. The third-order valence-electron chi connectivity index (χ3n) is 2.75. The zero-order valence-electron chi connectivity index (χ0n) is 10.1. The number of imidazole rings is 1. The maximum absolute atomic E-state index is 12.8. The average molecular weight is 242 g/mol. The molecule has 4 nitrogen and oxygen atoms in total. The third kappa shape index (κ3) is 1.73. The van der Waals surface area contributed by atoms with E-state index in [1.807, 2.05) is 30.5 Å². The van der Waals surface area contributed by atoms with Crippen molar-refractivity contribution in [1.29, 1.82) is 0 Å². The molecule has 90 valence electrons. The average Bonchev–Trinajstić information content (AvgIpc) is 2.74. The zero-order valence-corrected chi connectivity index (χ0v) is 10.1. The smallest absolute Gasteiger partial charge is 0.234 e. The molecule has 0 aliphatic carbocycles. The number of rotatable bonds is 1. The van der Waals surface area contributed by atoms with Gasteiger partial charge in [0.2, 0.25) is 5.78 Å². The Morgan fingerprint density at radius 1 is 1.11 bits per heavy atom. The first kappa shape index (κ1) is 10.8. The van der Waals surface area contributed by atoms with Gasteiger partial charge in [0, 0.05) is 17.6 Å². The molecule has 3 heterocycles. The Balaban J connectivity index is 2.19. The van der Waals surface area contributed by atoms with Gasteiger partial charge >= 0.3 is 0 Å². The van der Waals surface area contributed by atoms with Crippen LogP contribution in [0.1, 0.15) is 11.4 Å². The molecule has 0 N–H and O–H groups in total. The van der Waals surface area contributed by atoms with Gasteiger partial charge in [0.15, 0.2) is 0 Å². The molecule has 18 heavy (non-hydrogen) atoms. The normalized spacial score (nSPS) is 11.1. The number of fused-ring (bicyclic) bond motifs is 1. The number of aromatic nitrogens is 4. The number of pyridine rings is 1. The summed E-state index contributed by atoms with van der Waals surface area (Å²) in [4.78, 5) is 12.8. The Bertz CT molecular complexity index is 716. The lowest BCUT2D eigenvalue weighted by Gasteiger charge is -1.98. The van der Waals surface area contributed by atoms with Crippen LogP contribution in [0.25, 0.3) is 17.2 Å². The van der Waals surface area contributed by atoms with E-state index in [2.05, 4.69) is 15.0 Å². The number of halogens is 1. The summed E-state index contributed by atoms with van der Waals surface area (Å²) < 4.78 is 14.7. The minimum absolute atomic E-state index is 0.354. The van der Waals surface area contributed by atoms with E-state index in [1.165, 1.54) is 12.3 Å². The molecule has 0 unspecified atom stereocenters. The molecular weight excluding hydrogens is 231 g/mol. The first-order valence-electron chi connectivity index (χ1n) is 5.59. The van der Waals surface area contributed by atoms with Crippen LogP contribution in [0.5, 0.6) is 0 Å². The van der Waals surface area contributed by atoms with Crippen LogP contribution in [0, 0.1) is 19.7 Å². The summed E-state index contributed by atoms with van der Waals surface area (Å²) in [5.74, 6) is 0.279. The lowest BCUT2D eigenvalue weighted by molar-refractivity contribution is 0.622. The van der Waals surface area contributed by atoms with E-state index in [4.69, 9.17) is 0 Å². The maximum atomic E-state index is 12.8. The van der Waals surface area contributed by atoms with E-state index in [-0.39, 0.29) is 5.82 Å². The van der Waals surface area contributed by atoms with Crippen LogP contribution in [0.3, 0.4) is 0 Å². The van der Waals surface area contributed by atoms with Crippen molar-refractivity contribution in [2.24, 2.45) is 0 Å². The van der Waals surface area contributed by atoms with Gasteiger partial charge in [-0.15, -0.1) is 0 Å². The summed E-state index contributed by atoms with van der Waals surface area (Å²) in [7, 11) is 0. The molecule has 3 aromatic heterocycles. The highest BCUT2D eigenvalue weighted by atomic mass is 19.1. The summed E-state index contributed by atoms with van der Waals surface area (Å²) in [6.45, 7) is 3.92. The molecule has 0 atom stereocenters. The van der Waals surface area contributed by atoms with Crippen molar-refractivity contribution >= 4 is 5.78 Å². The summed E-state index contributed by atoms with van der Waals surface area (Å²) >= 11 is 0. The van der Waals surface area contributed by atoms with E-state index in [1.54, 1.807) is 6.07 Å². The lowest BCUT2D eigenvalue weighted by atomic mass is 10.3. The number of aryl methyl sites for hydroxylation is 2. The molecule has 0 spiro atoms. The first-order valence-corrected chi connectivity index (χ1v) is 5.59. The van der Waals surface area contributed by atoms with E-state index < -0.39 is 0 Å². The van der Waals surface area contributed by atoms with Gasteiger partial charge in [-0.2, -0.15) is 0 Å². The van der Waals surface area contributed by atoms with Gasteiger partial charge in [-0.25, -0.2) is 14.4 Å². The van der Waals surface area contributed by atoms with Crippen molar-refractivity contribution in [3.8, 4) is 11.4 Å². The fourth-order valence-electron chi connectivity index (χ4n) is 1.92. The topological polar surface area (TPSA) is 43.1 Å². The van der Waals surface area contributed by atoms with Crippen molar-refractivity contribution in [2.75, 3.05) is 0 Å². The molecule has 0 fully saturated rings. The van der Waals surface area contributed by atoms with Crippen LogP contribution >= 0.6 is 0 Å². The lowest BCUT2D eigenvalue weighted by Crippen LogP contribution is -1.94. The van der Waals surface area contributed by atoms with Crippen molar-refractivity contribution in [3.63, 3.8) is 0 Å². The minimum atomic E-state index is -0.354. The highest BCUT2D eigenvalue weighted by Crippen LogP contribution is 2.17. The zero-order chi connectivity index (χ0) is 12.7. The van der Waals surface area contributed by atoms with Gasteiger partial charge in [-0.05, 0) is 32.0 Å². The quantitative estimate of drug-likeness (QED) is 0.658. The van der Waals surface area contributed by atoms with Crippen LogP contribution in [-0.4, -0.2) is 19.4 Å². The largest absolute Gasteiger partial charge is 0.288 e. The fraction of sp³-hybridized carbons (Fsp3) is 0.154. The fourth-order valence-corrected chi connectivity index (χ4v) is 1.92. The van der Waals surface area contributed by atoms with Gasteiger partial charge in [0.05, 0.1) is 11.9 Å². The molecule has 5 heteroatoms. The van der Waals surface area contributed by atoms with Gasteiger partial charge in [-0.3, -0.25) is 9.38 Å². The van der Waals surface area contributed by atoms with E-state index in [0.29, 0.717) is 17.2 Å². The molecule has 0 amide bonds. The molecule has 0 aliphatic rings. The summed E-state index contributed by atoms with van der Waals surface area (Å²) in [5.41, 5.74) is 3.30. The van der Waals surface area contributed by atoms with Crippen LogP contribution in [0.2, 0.25) is 0 Å². The Morgan fingerprint density at radius 3 is 2.67 bits per heavy atom. The molecule has 0 saturated heterocycles. The van der Waals surface area contributed by atoms with Crippen LogP contribution < -0.4 is 0 Å². The molecule has 0 saturated carbocycles. The Kier molecular flexibility index (Phi) is 2.33. The molecule has 0 radical (unpaired) electrons. The monoisotopic (exact) mass is 242 g/mol. The third-order valence-corrected chi connectivity index (χ3v) is 2.75. The molecule has 3 aromatic rings. The van der Waals surface area contributed by atoms with Gasteiger partial charge in [-0.1, -0.05) is 0 Å². The van der Waals surface area contributed by atoms with Crippen LogP contribution in [0.15, 0.2) is 30.6 Å². The summed E-state index contributed by atoms with van der Waals surface area (Å²) in [5, 5.41) is 0. The predicted octanol–water partition coefficient (Wildman–Crippen LogP) is 2.55. The second-order valence-electron chi connectivity index (χ2n) is 4.20. The second kappa shape index (κ2) is 3.87. The highest BCUT2D eigenvalue weighted by molar-refractivity contribution is 5.57. The van der Waals surface area contributed by atoms with E-state index in [9.17, 15) is 4.39 Å². The summed E-state index contributed by atoms with van der Waals surface area (Å²) in [6.07, 6.45) is 3.04. The van der Waals surface area contributed by atoms with E-state index >= 15 is 0 Å². The van der Waals surface area contributed by atoms with Gasteiger partial charge in [0.1, 0.15) is 11.5 Å². The predicted molar refractivity (Wildman–Crippen MR) is 65.7 cm³/mol.